The van der Waals surface area contributed by atoms with Gasteiger partial charge >= 0.3 is 5.97 Å². The van der Waals surface area contributed by atoms with Gasteiger partial charge < -0.3 is 19.8 Å². The lowest BCUT2D eigenvalue weighted by Gasteiger charge is -2.36. The summed E-state index contributed by atoms with van der Waals surface area (Å²) in [6.45, 7) is 1.23. The lowest BCUT2D eigenvalue weighted by Crippen LogP contribution is -2.58. The molecule has 13 heteroatoms. The first kappa shape index (κ1) is 28.1. The Balaban J connectivity index is 1.47. The summed E-state index contributed by atoms with van der Waals surface area (Å²) < 4.78 is 31.0. The Morgan fingerprint density at radius 1 is 1.07 bits per heavy atom. The average molecular weight is 598 g/mol. The Hall–Kier alpha value is -4.42. The van der Waals surface area contributed by atoms with Crippen LogP contribution in [0.2, 0.25) is 5.02 Å². The molecule has 212 valence electrons. The predicted octanol–water partition coefficient (Wildman–Crippen LogP) is 2.91. The van der Waals surface area contributed by atoms with Gasteiger partial charge in [0.05, 0.1) is 17.0 Å². The molecule has 0 aliphatic carbocycles. The Kier molecular flexibility index (Phi) is 7.22. The van der Waals surface area contributed by atoms with Crippen LogP contribution < -0.4 is 5.43 Å². The fourth-order valence-corrected chi connectivity index (χ4v) is 7.41. The fraction of sp³-hybridized carbons (Fsp3) is 0.214. The third kappa shape index (κ3) is 4.78. The molecule has 11 nitrogen and oxygen atoms in total. The molecule has 0 radical (unpaired) electrons. The Labute approximate surface area is 239 Å². The maximum atomic E-state index is 13.8. The van der Waals surface area contributed by atoms with Crippen LogP contribution in [0.5, 0.6) is 11.5 Å². The van der Waals surface area contributed by atoms with E-state index >= 15 is 0 Å². The number of phenolic OH excluding ortho intramolecular Hbond substituents is 2. The van der Waals surface area contributed by atoms with Crippen LogP contribution in [0.15, 0.2) is 77.9 Å². The third-order valence-corrected chi connectivity index (χ3v) is 10.2. The quantitative estimate of drug-likeness (QED) is 0.123. The Bertz CT molecular complexity index is 1630. The number of aromatic hydroxyl groups is 2. The number of hydrazone groups is 1. The van der Waals surface area contributed by atoms with Crippen LogP contribution in [-0.2, 0) is 24.2 Å². The van der Waals surface area contributed by atoms with Crippen molar-refractivity contribution in [1.29, 1.82) is 0 Å². The molecule has 0 aromatic heterocycles. The number of esters is 1. The molecule has 41 heavy (non-hydrogen) atoms. The van der Waals surface area contributed by atoms with Gasteiger partial charge in [-0.1, -0.05) is 72.3 Å². The summed E-state index contributed by atoms with van der Waals surface area (Å²) in [4.78, 5) is 40.0. The minimum Gasteiger partial charge on any atom is -0.504 e. The molecular weight excluding hydrogens is 574 g/mol. The monoisotopic (exact) mass is 597 g/mol. The third-order valence-electron chi connectivity index (χ3n) is 7.20. The first-order chi connectivity index (χ1) is 19.5. The highest BCUT2D eigenvalue weighted by Gasteiger charge is 2.70. The first-order valence-corrected chi connectivity index (χ1v) is 14.3. The van der Waals surface area contributed by atoms with E-state index in [1.807, 2.05) is 0 Å². The number of amides is 2. The second-order valence-electron chi connectivity index (χ2n) is 9.75. The number of carbonyl (C=O) groups is 3. The van der Waals surface area contributed by atoms with Crippen molar-refractivity contribution in [1.82, 2.24) is 10.3 Å². The zero-order chi connectivity index (χ0) is 29.5. The molecule has 2 aliphatic heterocycles. The number of carbonyl (C=O) groups excluding carboxylic acids is 3. The summed E-state index contributed by atoms with van der Waals surface area (Å²) in [5.74, 6) is -3.57. The standard InChI is InChI=1S/C28H24ClN3O8S/c1-28(15-30-31-26(36)18-12-20(33)21(34)13-19(18)29)25(32-22(35)14-23(32)41(28,38)39)27(37)40-24(16-8-4-2-5-9-16)17-10-6-3-7-11-17/h2-13,15,23-25,33-34H,14H2,1H3,(H,31,36)/b30-15+/t23-,25+,28+/m1/s1. The summed E-state index contributed by atoms with van der Waals surface area (Å²) in [6, 6.07) is 18.0. The molecular formula is C28H24ClN3O8S. The number of β-lactam (4-membered cyclic amide) rings is 1. The number of ether oxygens (including phenoxy) is 1. The summed E-state index contributed by atoms with van der Waals surface area (Å²) in [7, 11) is -4.20. The number of nitrogens with one attached hydrogen (secondary N) is 1. The number of nitrogens with zero attached hydrogens (tertiary/aromatic N) is 2. The lowest BCUT2D eigenvalue weighted by molar-refractivity contribution is -0.163. The summed E-state index contributed by atoms with van der Waals surface area (Å²) >= 11 is 5.97. The lowest BCUT2D eigenvalue weighted by atomic mass is 9.96. The summed E-state index contributed by atoms with van der Waals surface area (Å²) in [5.41, 5.74) is 3.15. The van der Waals surface area contributed by atoms with E-state index in [-0.39, 0.29) is 17.0 Å². The van der Waals surface area contributed by atoms with Gasteiger partial charge in [-0.2, -0.15) is 5.10 Å². The molecule has 0 spiro atoms. The van der Waals surface area contributed by atoms with Crippen molar-refractivity contribution in [2.24, 2.45) is 5.10 Å². The average Bonchev–Trinajstić information content (AvgIpc) is 3.09. The van der Waals surface area contributed by atoms with Crippen molar-refractivity contribution >= 4 is 45.4 Å². The number of halogens is 1. The molecule has 0 unspecified atom stereocenters. The highest BCUT2D eigenvalue weighted by molar-refractivity contribution is 7.94. The largest absolute Gasteiger partial charge is 0.504 e. The van der Waals surface area contributed by atoms with Crippen molar-refractivity contribution in [2.75, 3.05) is 0 Å². The minimum atomic E-state index is -4.20. The second kappa shape index (κ2) is 10.5. The second-order valence-corrected chi connectivity index (χ2v) is 12.7. The van der Waals surface area contributed by atoms with Gasteiger partial charge in [0.1, 0.15) is 10.1 Å². The van der Waals surface area contributed by atoms with Crippen LogP contribution in [0, 0.1) is 0 Å². The van der Waals surface area contributed by atoms with E-state index in [2.05, 4.69) is 10.5 Å². The number of hydrogen-bond acceptors (Lipinski definition) is 9. The summed E-state index contributed by atoms with van der Waals surface area (Å²) in [5, 5.41) is 21.6. The Morgan fingerprint density at radius 3 is 2.20 bits per heavy atom. The number of benzene rings is 3. The van der Waals surface area contributed by atoms with Gasteiger partial charge in [-0.3, -0.25) is 9.59 Å². The van der Waals surface area contributed by atoms with Gasteiger partial charge in [-0.25, -0.2) is 18.6 Å². The molecule has 2 heterocycles. The molecule has 5 rings (SSSR count). The van der Waals surface area contributed by atoms with Crippen molar-refractivity contribution in [3.05, 3.63) is 94.5 Å². The molecule has 2 aliphatic rings. The Morgan fingerprint density at radius 2 is 1.63 bits per heavy atom. The number of fused-ring (bicyclic) bond motifs is 1. The van der Waals surface area contributed by atoms with Gasteiger partial charge in [0, 0.05) is 12.3 Å². The molecule has 3 aromatic rings. The molecule has 2 fully saturated rings. The molecule has 3 N–H and O–H groups in total. The molecule has 2 amide bonds. The van der Waals surface area contributed by atoms with Crippen molar-refractivity contribution < 1.29 is 37.8 Å². The van der Waals surface area contributed by atoms with Crippen molar-refractivity contribution in [2.45, 2.75) is 35.6 Å². The normalized spacial score (nSPS) is 22.8. The van der Waals surface area contributed by atoms with Gasteiger partial charge in [-0.05, 0) is 24.1 Å². The molecule has 2 saturated heterocycles. The molecule has 0 bridgehead atoms. The van der Waals surface area contributed by atoms with Crippen molar-refractivity contribution in [3.63, 3.8) is 0 Å². The summed E-state index contributed by atoms with van der Waals surface area (Å²) in [6.07, 6.45) is -0.315. The zero-order valence-electron chi connectivity index (χ0n) is 21.5. The maximum absolute atomic E-state index is 13.8. The van der Waals surface area contributed by atoms with Crippen LogP contribution in [0.25, 0.3) is 0 Å². The SMILES string of the molecule is C[C@]1(/C=N/NC(=O)c2cc(O)c(O)cc2Cl)[C@H](C(=O)OC(c2ccccc2)c2ccccc2)N2C(=O)C[C@H]2S1(=O)=O. The van der Waals surface area contributed by atoms with E-state index in [1.165, 1.54) is 6.92 Å². The van der Waals surface area contributed by atoms with Crippen LogP contribution in [0.4, 0.5) is 0 Å². The minimum absolute atomic E-state index is 0.197. The van der Waals surface area contributed by atoms with E-state index in [0.29, 0.717) is 11.1 Å². The molecule has 3 atom stereocenters. The van der Waals surface area contributed by atoms with E-state index < -0.39 is 61.4 Å². The van der Waals surface area contributed by atoms with Crippen LogP contribution in [0.1, 0.15) is 40.9 Å². The van der Waals surface area contributed by atoms with Gasteiger partial charge in [0.25, 0.3) is 5.91 Å². The van der Waals surface area contributed by atoms with Gasteiger partial charge in [0.15, 0.2) is 33.5 Å². The van der Waals surface area contributed by atoms with E-state index in [4.69, 9.17) is 16.3 Å². The topological polar surface area (TPSA) is 163 Å². The number of hydrogen-bond donors (Lipinski definition) is 3. The molecule has 3 aromatic carbocycles. The van der Waals surface area contributed by atoms with Gasteiger partial charge in [0.2, 0.25) is 5.91 Å². The van der Waals surface area contributed by atoms with Crippen LogP contribution in [0.3, 0.4) is 0 Å². The number of rotatable bonds is 7. The molecule has 0 saturated carbocycles. The van der Waals surface area contributed by atoms with Gasteiger partial charge in [-0.15, -0.1) is 0 Å². The number of sulfone groups is 1. The number of phenols is 2. The van der Waals surface area contributed by atoms with Crippen molar-refractivity contribution in [3.8, 4) is 11.5 Å². The highest BCUT2D eigenvalue weighted by Crippen LogP contribution is 2.46. The van der Waals surface area contributed by atoms with Crippen LogP contribution in [-0.4, -0.2) is 63.7 Å². The van der Waals surface area contributed by atoms with E-state index in [1.54, 1.807) is 60.7 Å². The highest BCUT2D eigenvalue weighted by atomic mass is 35.5. The smallest absolute Gasteiger partial charge is 0.331 e. The van der Waals surface area contributed by atoms with E-state index in [9.17, 15) is 33.0 Å². The fourth-order valence-electron chi connectivity index (χ4n) is 4.96. The zero-order valence-corrected chi connectivity index (χ0v) is 23.0. The predicted molar refractivity (Wildman–Crippen MR) is 148 cm³/mol. The first-order valence-electron chi connectivity index (χ1n) is 12.4. The van der Waals surface area contributed by atoms with Crippen LogP contribution >= 0.6 is 11.6 Å². The van der Waals surface area contributed by atoms with E-state index in [0.717, 1.165) is 23.2 Å². The maximum Gasteiger partial charge on any atom is 0.331 e.